The minimum Gasteiger partial charge on any atom is -0.478 e. The summed E-state index contributed by atoms with van der Waals surface area (Å²) in [5.74, 6) is -0.0733. The molecule has 244 valence electrons. The van der Waals surface area contributed by atoms with E-state index in [1.807, 2.05) is 10.6 Å². The van der Waals surface area contributed by atoms with Crippen LogP contribution in [-0.2, 0) is 19.7 Å². The Hall–Kier alpha value is -5.07. The van der Waals surface area contributed by atoms with Crippen LogP contribution in [0.15, 0.2) is 42.5 Å². The van der Waals surface area contributed by atoms with Gasteiger partial charge in [0, 0.05) is 37.7 Å². The van der Waals surface area contributed by atoms with Gasteiger partial charge in [0.05, 0.1) is 29.3 Å². The van der Waals surface area contributed by atoms with Crippen molar-refractivity contribution in [1.29, 1.82) is 5.26 Å². The zero-order valence-electron chi connectivity index (χ0n) is 25.7. The van der Waals surface area contributed by atoms with E-state index in [0.717, 1.165) is 44.2 Å². The number of unbranched alkanes of at least 4 members (excludes halogenated alkanes) is 4. The fraction of sp³-hybridized carbons (Fsp3) is 0.371. The summed E-state index contributed by atoms with van der Waals surface area (Å²) < 4.78 is 57.0. The van der Waals surface area contributed by atoms with Crippen molar-refractivity contribution in [3.8, 4) is 30.2 Å². The average Bonchev–Trinajstić information content (AvgIpc) is 3.41. The van der Waals surface area contributed by atoms with E-state index in [1.54, 1.807) is 0 Å². The molecule has 0 radical (unpaired) electrons. The predicted octanol–water partition coefficient (Wildman–Crippen LogP) is 6.62. The molecule has 47 heavy (non-hydrogen) atoms. The molecule has 2 aromatic heterocycles. The number of terminal acetylenes is 1. The molecule has 0 aliphatic carbocycles. The molecule has 9 nitrogen and oxygen atoms in total. The first kappa shape index (κ1) is 33.3. The number of nitrogens with zero attached hydrogens (tertiary/aromatic N) is 5. The molecule has 1 saturated heterocycles. The number of aromatic nitrogens is 3. The summed E-state index contributed by atoms with van der Waals surface area (Å²) in [6.45, 7) is 2.03. The second-order valence-electron chi connectivity index (χ2n) is 11.4. The molecule has 1 N–H and O–H groups in total. The molecular formula is C35H34F3N5O4. The fourth-order valence-corrected chi connectivity index (χ4v) is 5.58. The smallest absolute Gasteiger partial charge is 0.335 e. The summed E-state index contributed by atoms with van der Waals surface area (Å²) in [5, 5.41) is 18.4. The van der Waals surface area contributed by atoms with Crippen LogP contribution in [0.1, 0.15) is 72.3 Å². The van der Waals surface area contributed by atoms with Crippen molar-refractivity contribution < 1.29 is 32.5 Å². The van der Waals surface area contributed by atoms with Crippen LogP contribution in [0.2, 0.25) is 0 Å². The number of piperidine rings is 1. The van der Waals surface area contributed by atoms with Crippen molar-refractivity contribution in [3.63, 3.8) is 0 Å². The van der Waals surface area contributed by atoms with Crippen LogP contribution in [0.3, 0.4) is 0 Å². The van der Waals surface area contributed by atoms with Crippen LogP contribution in [0.5, 0.6) is 11.8 Å². The molecule has 0 amide bonds. The van der Waals surface area contributed by atoms with Crippen LogP contribution in [0.4, 0.5) is 13.2 Å². The van der Waals surface area contributed by atoms with Crippen LogP contribution < -0.4 is 9.47 Å². The van der Waals surface area contributed by atoms with E-state index in [0.29, 0.717) is 50.4 Å². The highest BCUT2D eigenvalue weighted by Gasteiger charge is 2.25. The third-order valence-corrected chi connectivity index (χ3v) is 8.11. The molecule has 3 heterocycles. The van der Waals surface area contributed by atoms with Gasteiger partial charge < -0.3 is 19.1 Å². The molecule has 5 rings (SSSR count). The van der Waals surface area contributed by atoms with Crippen molar-refractivity contribution in [1.82, 2.24) is 19.4 Å². The summed E-state index contributed by atoms with van der Waals surface area (Å²) in [6.07, 6.45) is 10.8. The summed E-state index contributed by atoms with van der Waals surface area (Å²) in [5.41, 5.74) is 0.808. The van der Waals surface area contributed by atoms with E-state index >= 15 is 0 Å². The number of pyridine rings is 1. The third kappa shape index (κ3) is 8.40. The second-order valence-corrected chi connectivity index (χ2v) is 11.4. The number of hydrogen-bond acceptors (Lipinski definition) is 7. The van der Waals surface area contributed by atoms with Gasteiger partial charge in [-0.05, 0) is 56.0 Å². The topological polar surface area (TPSA) is 114 Å². The number of rotatable bonds is 14. The number of aromatic carboxylic acids is 1. The zero-order chi connectivity index (χ0) is 33.3. The Balaban J connectivity index is 1.21. The van der Waals surface area contributed by atoms with Gasteiger partial charge in [-0.15, -0.1) is 12.3 Å². The highest BCUT2D eigenvalue weighted by Crippen LogP contribution is 2.27. The Bertz CT molecular complexity index is 1820. The van der Waals surface area contributed by atoms with Gasteiger partial charge in [-0.3, -0.25) is 4.90 Å². The zero-order valence-corrected chi connectivity index (χ0v) is 25.7. The van der Waals surface area contributed by atoms with Crippen molar-refractivity contribution in [2.45, 2.75) is 70.7 Å². The number of imidazole rings is 1. The Morgan fingerprint density at radius 1 is 1.00 bits per heavy atom. The number of carboxylic acids is 1. The number of benzene rings is 2. The molecular weight excluding hydrogens is 611 g/mol. The molecule has 0 spiro atoms. The minimum absolute atomic E-state index is 0.126. The highest BCUT2D eigenvalue weighted by molar-refractivity contribution is 5.92. The first-order valence-corrected chi connectivity index (χ1v) is 15.5. The lowest BCUT2D eigenvalue weighted by Crippen LogP contribution is -2.38. The average molecular weight is 646 g/mol. The molecule has 2 aromatic carbocycles. The number of carbonyl (C=O) groups is 1. The van der Waals surface area contributed by atoms with E-state index in [4.69, 9.17) is 21.2 Å². The summed E-state index contributed by atoms with van der Waals surface area (Å²) >= 11 is 0. The van der Waals surface area contributed by atoms with Crippen LogP contribution in [0.25, 0.3) is 11.0 Å². The number of likely N-dealkylation sites (tertiary alicyclic amines) is 1. The lowest BCUT2D eigenvalue weighted by atomic mass is 10.1. The van der Waals surface area contributed by atoms with Gasteiger partial charge in [0.15, 0.2) is 11.6 Å². The van der Waals surface area contributed by atoms with Crippen molar-refractivity contribution >= 4 is 17.0 Å². The van der Waals surface area contributed by atoms with E-state index in [-0.39, 0.29) is 46.7 Å². The van der Waals surface area contributed by atoms with Crippen LogP contribution >= 0.6 is 0 Å². The number of fused-ring (bicyclic) bond motifs is 1. The lowest BCUT2D eigenvalue weighted by molar-refractivity contribution is 0.0696. The monoisotopic (exact) mass is 645 g/mol. The molecule has 0 saturated carbocycles. The van der Waals surface area contributed by atoms with Gasteiger partial charge in [0.25, 0.3) is 5.88 Å². The third-order valence-electron chi connectivity index (χ3n) is 8.11. The Morgan fingerprint density at radius 2 is 1.79 bits per heavy atom. The molecule has 0 bridgehead atoms. The lowest BCUT2D eigenvalue weighted by Gasteiger charge is -2.31. The maximum Gasteiger partial charge on any atom is 0.335 e. The first-order valence-electron chi connectivity index (χ1n) is 15.5. The van der Waals surface area contributed by atoms with Gasteiger partial charge >= 0.3 is 5.97 Å². The Labute approximate surface area is 270 Å². The Morgan fingerprint density at radius 3 is 2.51 bits per heavy atom. The highest BCUT2D eigenvalue weighted by atomic mass is 19.1. The molecule has 1 aliphatic rings. The molecule has 0 atom stereocenters. The maximum atomic E-state index is 14.9. The van der Waals surface area contributed by atoms with Gasteiger partial charge in [-0.1, -0.05) is 18.9 Å². The van der Waals surface area contributed by atoms with Gasteiger partial charge in [-0.25, -0.2) is 22.9 Å². The van der Waals surface area contributed by atoms with Gasteiger partial charge in [0.2, 0.25) is 5.88 Å². The number of hydrogen-bond donors (Lipinski definition) is 1. The summed E-state index contributed by atoms with van der Waals surface area (Å²) in [7, 11) is 0. The molecule has 12 heteroatoms. The van der Waals surface area contributed by atoms with Crippen LogP contribution in [-0.4, -0.2) is 49.7 Å². The summed E-state index contributed by atoms with van der Waals surface area (Å²) in [6, 6.07) is 10.9. The molecule has 0 unspecified atom stereocenters. The number of aryl methyl sites for hydroxylation is 1. The van der Waals surface area contributed by atoms with Crippen molar-refractivity contribution in [2.24, 2.45) is 0 Å². The van der Waals surface area contributed by atoms with Gasteiger partial charge in [-0.2, -0.15) is 10.2 Å². The fourth-order valence-electron chi connectivity index (χ4n) is 5.58. The quantitative estimate of drug-likeness (QED) is 0.120. The SMILES string of the molecule is C#CCCCCCCn1c(CN2CCC(Oc3ccc(F)c(OCc4ccc(C#N)cc4F)n3)CC2)nc2c(F)cc(C(=O)O)cc21. The normalized spacial score (nSPS) is 13.7. The number of halogens is 3. The molecule has 1 fully saturated rings. The number of nitriles is 1. The second kappa shape index (κ2) is 15.5. The maximum absolute atomic E-state index is 14.9. The van der Waals surface area contributed by atoms with Crippen LogP contribution in [0, 0.1) is 41.1 Å². The van der Waals surface area contributed by atoms with E-state index in [2.05, 4.69) is 20.8 Å². The van der Waals surface area contributed by atoms with Crippen molar-refractivity contribution in [3.05, 3.63) is 82.4 Å². The number of ether oxygens (including phenoxy) is 2. The first-order chi connectivity index (χ1) is 22.7. The molecule has 4 aromatic rings. The minimum atomic E-state index is -1.20. The summed E-state index contributed by atoms with van der Waals surface area (Å²) in [4.78, 5) is 22.5. The van der Waals surface area contributed by atoms with E-state index in [9.17, 15) is 23.1 Å². The largest absolute Gasteiger partial charge is 0.478 e. The van der Waals surface area contributed by atoms with E-state index in [1.165, 1.54) is 30.3 Å². The van der Waals surface area contributed by atoms with E-state index < -0.39 is 23.4 Å². The van der Waals surface area contributed by atoms with Crippen molar-refractivity contribution in [2.75, 3.05) is 13.1 Å². The Kier molecular flexibility index (Phi) is 11.0. The standard InChI is InChI=1S/C35H34F3N5O4/c1-2-3-4-5-6-7-14-43-30-19-25(35(44)45)18-29(38)33(30)40-31(43)21-42-15-12-26(13-16-42)47-32-11-10-27(36)34(41-32)46-22-24-9-8-23(20-39)17-28(24)37/h1,8-11,17-19,26H,3-7,12-16,21-22H2,(H,44,45). The molecule has 1 aliphatic heterocycles. The van der Waals surface area contributed by atoms with Gasteiger partial charge in [0.1, 0.15) is 29.9 Å². The predicted molar refractivity (Wildman–Crippen MR) is 167 cm³/mol. The number of carboxylic acid groups (broad SMARTS) is 1.